The maximum atomic E-state index is 10.9. The predicted molar refractivity (Wildman–Crippen MR) is 56.5 cm³/mol. The van der Waals surface area contributed by atoms with Crippen molar-refractivity contribution in [2.24, 2.45) is 0 Å². The molecule has 0 aliphatic rings. The highest BCUT2D eigenvalue weighted by atomic mass is 16.6. The van der Waals surface area contributed by atoms with E-state index in [1.807, 2.05) is 0 Å². The van der Waals surface area contributed by atoms with Gasteiger partial charge < -0.3 is 24.1 Å². The lowest BCUT2D eigenvalue weighted by Crippen LogP contribution is -2.21. The van der Waals surface area contributed by atoms with E-state index in [1.165, 1.54) is 0 Å². The van der Waals surface area contributed by atoms with Gasteiger partial charge in [0.15, 0.2) is 6.61 Å². The molecule has 0 saturated carbocycles. The van der Waals surface area contributed by atoms with Gasteiger partial charge in [-0.05, 0) is 6.92 Å². The van der Waals surface area contributed by atoms with Crippen LogP contribution in [-0.4, -0.2) is 62.7 Å². The van der Waals surface area contributed by atoms with E-state index >= 15 is 0 Å². The summed E-state index contributed by atoms with van der Waals surface area (Å²) in [5.74, 6) is -2.18. The van der Waals surface area contributed by atoms with Crippen molar-refractivity contribution in [3.05, 3.63) is 0 Å². The van der Waals surface area contributed by atoms with Crippen LogP contribution in [-0.2, 0) is 33.3 Å². The van der Waals surface area contributed by atoms with Gasteiger partial charge in [0.1, 0.15) is 19.8 Å². The molecule has 0 aromatic carbocycles. The zero-order chi connectivity index (χ0) is 13.8. The first-order valence-corrected chi connectivity index (χ1v) is 5.25. The third-order valence-corrected chi connectivity index (χ3v) is 1.50. The molecule has 0 saturated heterocycles. The van der Waals surface area contributed by atoms with Crippen LogP contribution < -0.4 is 0 Å². The highest BCUT2D eigenvalue weighted by Crippen LogP contribution is 1.86. The number of aliphatic hydroxyl groups is 1. The van der Waals surface area contributed by atoms with Crippen molar-refractivity contribution in [2.75, 3.05) is 39.6 Å². The smallest absolute Gasteiger partial charge is 0.344 e. The van der Waals surface area contributed by atoms with Crippen molar-refractivity contribution >= 4 is 17.9 Å². The summed E-state index contributed by atoms with van der Waals surface area (Å²) in [4.78, 5) is 32.2. The first kappa shape index (κ1) is 16.3. The van der Waals surface area contributed by atoms with Gasteiger partial charge in [0.05, 0.1) is 13.2 Å². The molecule has 0 aromatic heterocycles. The highest BCUT2D eigenvalue weighted by molar-refractivity contribution is 5.76. The summed E-state index contributed by atoms with van der Waals surface area (Å²) in [6.45, 7) is 0.312. The Morgan fingerprint density at radius 1 is 0.889 bits per heavy atom. The molecule has 8 nitrogen and oxygen atoms in total. The van der Waals surface area contributed by atoms with E-state index in [2.05, 4.69) is 14.2 Å². The van der Waals surface area contributed by atoms with Crippen LogP contribution in [0.4, 0.5) is 0 Å². The first-order valence-electron chi connectivity index (χ1n) is 5.25. The zero-order valence-electron chi connectivity index (χ0n) is 10.0. The number of ether oxygens (including phenoxy) is 4. The Labute approximate surface area is 104 Å². The second kappa shape index (κ2) is 10.5. The summed E-state index contributed by atoms with van der Waals surface area (Å²) in [5.41, 5.74) is 0. The van der Waals surface area contributed by atoms with Gasteiger partial charge in [-0.25, -0.2) is 14.4 Å². The van der Waals surface area contributed by atoms with E-state index in [0.717, 1.165) is 0 Å². The van der Waals surface area contributed by atoms with Crippen LogP contribution in [0.25, 0.3) is 0 Å². The Morgan fingerprint density at radius 3 is 2.17 bits per heavy atom. The SMILES string of the molecule is CCOC(=O)COCCOC(=O)COC(=O)CO. The number of esters is 3. The van der Waals surface area contributed by atoms with E-state index < -0.39 is 31.1 Å². The molecule has 0 amide bonds. The lowest BCUT2D eigenvalue weighted by molar-refractivity contribution is -0.161. The predicted octanol–water partition coefficient (Wildman–Crippen LogP) is -1.36. The summed E-state index contributed by atoms with van der Waals surface area (Å²) < 4.78 is 18.3. The molecule has 104 valence electrons. The van der Waals surface area contributed by atoms with Crippen molar-refractivity contribution < 1.29 is 38.4 Å². The van der Waals surface area contributed by atoms with Crippen LogP contribution in [0.15, 0.2) is 0 Å². The fourth-order valence-corrected chi connectivity index (χ4v) is 0.799. The van der Waals surface area contributed by atoms with Gasteiger partial charge in [0.2, 0.25) is 0 Å². The Hall–Kier alpha value is -1.67. The third-order valence-electron chi connectivity index (χ3n) is 1.50. The van der Waals surface area contributed by atoms with Crippen LogP contribution >= 0.6 is 0 Å². The summed E-state index contributed by atoms with van der Waals surface area (Å²) in [7, 11) is 0. The molecular formula is C10H16O8. The second-order valence-corrected chi connectivity index (χ2v) is 2.90. The van der Waals surface area contributed by atoms with Crippen LogP contribution in [0.1, 0.15) is 6.92 Å². The molecule has 0 aromatic rings. The molecule has 18 heavy (non-hydrogen) atoms. The molecule has 0 aliphatic heterocycles. The lowest BCUT2D eigenvalue weighted by Gasteiger charge is -2.06. The quantitative estimate of drug-likeness (QED) is 0.309. The molecule has 0 fully saturated rings. The summed E-state index contributed by atoms with van der Waals surface area (Å²) >= 11 is 0. The lowest BCUT2D eigenvalue weighted by atomic mass is 10.6. The average Bonchev–Trinajstić information content (AvgIpc) is 2.35. The van der Waals surface area contributed by atoms with Crippen molar-refractivity contribution in [3.63, 3.8) is 0 Å². The molecule has 8 heteroatoms. The standard InChI is InChI=1S/C10H16O8/c1-2-16-9(13)6-15-3-4-17-10(14)7-18-8(12)5-11/h11H,2-7H2,1H3. The van der Waals surface area contributed by atoms with Crippen molar-refractivity contribution in [3.8, 4) is 0 Å². The highest BCUT2D eigenvalue weighted by Gasteiger charge is 2.07. The van der Waals surface area contributed by atoms with Crippen molar-refractivity contribution in [1.82, 2.24) is 0 Å². The fourth-order valence-electron chi connectivity index (χ4n) is 0.799. The molecule has 0 aliphatic carbocycles. The van der Waals surface area contributed by atoms with E-state index in [-0.39, 0.29) is 26.4 Å². The number of carbonyl (C=O) groups excluding carboxylic acids is 3. The van der Waals surface area contributed by atoms with E-state index in [4.69, 9.17) is 9.84 Å². The zero-order valence-corrected chi connectivity index (χ0v) is 10.0. The molecule has 0 rings (SSSR count). The van der Waals surface area contributed by atoms with Crippen molar-refractivity contribution in [2.45, 2.75) is 6.92 Å². The minimum atomic E-state index is -0.912. The van der Waals surface area contributed by atoms with Gasteiger partial charge in [-0.1, -0.05) is 0 Å². The number of hydrogen-bond acceptors (Lipinski definition) is 8. The number of carbonyl (C=O) groups is 3. The van der Waals surface area contributed by atoms with Gasteiger partial charge >= 0.3 is 17.9 Å². The molecule has 0 radical (unpaired) electrons. The normalized spacial score (nSPS) is 9.67. The van der Waals surface area contributed by atoms with Gasteiger partial charge in [-0.2, -0.15) is 0 Å². The Bertz CT molecular complexity index is 275. The minimum absolute atomic E-state index is 0.0263. The van der Waals surface area contributed by atoms with Crippen molar-refractivity contribution in [1.29, 1.82) is 0 Å². The van der Waals surface area contributed by atoms with Gasteiger partial charge in [-0.3, -0.25) is 0 Å². The maximum Gasteiger partial charge on any atom is 0.344 e. The van der Waals surface area contributed by atoms with Gasteiger partial charge in [0, 0.05) is 0 Å². The summed E-state index contributed by atoms with van der Waals surface area (Å²) in [6, 6.07) is 0. The number of hydrogen-bond donors (Lipinski definition) is 1. The summed E-state index contributed by atoms with van der Waals surface area (Å²) in [6.07, 6.45) is 0. The monoisotopic (exact) mass is 264 g/mol. The molecule has 0 unspecified atom stereocenters. The molecule has 1 N–H and O–H groups in total. The molecule has 0 bridgehead atoms. The number of aliphatic hydroxyl groups excluding tert-OH is 1. The Balaban J connectivity index is 3.40. The van der Waals surface area contributed by atoms with Crippen LogP contribution in [0.3, 0.4) is 0 Å². The summed E-state index contributed by atoms with van der Waals surface area (Å²) in [5, 5.41) is 8.30. The van der Waals surface area contributed by atoms with E-state index in [9.17, 15) is 14.4 Å². The minimum Gasteiger partial charge on any atom is -0.464 e. The van der Waals surface area contributed by atoms with Gasteiger partial charge in [-0.15, -0.1) is 0 Å². The second-order valence-electron chi connectivity index (χ2n) is 2.90. The molecule has 0 atom stereocenters. The molecule has 0 heterocycles. The van der Waals surface area contributed by atoms with E-state index in [0.29, 0.717) is 0 Å². The largest absolute Gasteiger partial charge is 0.464 e. The first-order chi connectivity index (χ1) is 8.60. The molecule has 0 spiro atoms. The van der Waals surface area contributed by atoms with Gasteiger partial charge in [0.25, 0.3) is 0 Å². The van der Waals surface area contributed by atoms with Crippen LogP contribution in [0.5, 0.6) is 0 Å². The Morgan fingerprint density at radius 2 is 1.56 bits per heavy atom. The number of rotatable bonds is 9. The average molecular weight is 264 g/mol. The fraction of sp³-hybridized carbons (Fsp3) is 0.700. The van der Waals surface area contributed by atoms with Crippen LogP contribution in [0, 0.1) is 0 Å². The maximum absolute atomic E-state index is 10.9. The van der Waals surface area contributed by atoms with E-state index in [1.54, 1.807) is 6.92 Å². The van der Waals surface area contributed by atoms with Crippen LogP contribution in [0.2, 0.25) is 0 Å². The molecular weight excluding hydrogens is 248 g/mol. The third kappa shape index (κ3) is 9.55. The topological polar surface area (TPSA) is 108 Å². The Kier molecular flexibility index (Phi) is 9.51.